The van der Waals surface area contributed by atoms with E-state index in [9.17, 15) is 53.0 Å². The van der Waals surface area contributed by atoms with Gasteiger partial charge in [0.2, 0.25) is 35.4 Å². The van der Waals surface area contributed by atoms with Crippen molar-refractivity contribution in [1.29, 1.82) is 0 Å². The standard InChI is InChI=1S/C65H86Cl2N13O15PS/c1-34(2)53(76-57(84)43(73-38(6)82)12-9-10-18-69-37(5)81)58(85)75-44(13-11-19-70-61(68)88)56(83)74-42-16-14-39(15-17-42)30-93-62(89)77(7)20-21-78(8)63(97)94-47-22-45-51(49-35(3)26-71-54(47)49)40(24-66)28-79(45)59(86)64-31-65(32-64,33-64)60(87)80-29-41(25-67)52-46(80)23-48(95-96(90,91)92)55-50(52)36(4)27-72-55/h14-17,22-23,26-27,34,40-41,43-44,53,60,71-72,87H,9-13,18-21,24-25,28-33H2,1-8H3,(H,69,81)(H,73,82)(H,74,83)(H,75,85)(H,76,84)(H3,68,70,88)(H2,90,91,92)/t40-,41-,43+,44+,53+,60?,64?,65?/m1/s1. The number of unbranched alkanes of at least 4 members (excludes halogenated alkanes) is 1. The van der Waals surface area contributed by atoms with Crippen molar-refractivity contribution in [2.45, 2.75) is 136 Å². The van der Waals surface area contributed by atoms with Crippen LogP contribution in [0.4, 0.5) is 26.7 Å². The lowest BCUT2D eigenvalue weighted by molar-refractivity contribution is -0.243. The summed E-state index contributed by atoms with van der Waals surface area (Å²) in [6, 6.07) is 5.88. The highest BCUT2D eigenvalue weighted by Crippen LogP contribution is 2.76. The molecule has 6 atom stereocenters. The van der Waals surface area contributed by atoms with Crippen LogP contribution in [0.25, 0.3) is 21.8 Å². The summed E-state index contributed by atoms with van der Waals surface area (Å²) in [6.45, 7) is 11.4. The molecule has 5 aliphatic rings. The number of aromatic amines is 2. The van der Waals surface area contributed by atoms with E-state index < -0.39 is 84.7 Å². The quantitative estimate of drug-likeness (QED) is 0.0102. The number of primary amides is 1. The zero-order valence-electron chi connectivity index (χ0n) is 55.4. The van der Waals surface area contributed by atoms with Crippen molar-refractivity contribution in [1.82, 2.24) is 46.4 Å². The number of anilines is 3. The van der Waals surface area contributed by atoms with Crippen LogP contribution in [-0.2, 0) is 44.7 Å². The lowest BCUT2D eigenvalue weighted by atomic mass is 9.34. The number of nitrogens with zero attached hydrogens (tertiary/aromatic N) is 4. The van der Waals surface area contributed by atoms with Crippen molar-refractivity contribution in [2.75, 3.05) is 80.2 Å². The maximum atomic E-state index is 15.0. The lowest BCUT2D eigenvalue weighted by Crippen LogP contribution is -2.74. The van der Waals surface area contributed by atoms with Gasteiger partial charge in [0.15, 0.2) is 11.5 Å². The van der Waals surface area contributed by atoms with E-state index in [0.717, 1.165) is 33.0 Å². The lowest BCUT2D eigenvalue weighted by Gasteiger charge is -2.72. The Balaban J connectivity index is 0.781. The summed E-state index contributed by atoms with van der Waals surface area (Å²) in [6.07, 6.45) is 4.74. The monoisotopic (exact) mass is 1420 g/mol. The molecule has 3 aliphatic carbocycles. The van der Waals surface area contributed by atoms with Crippen molar-refractivity contribution in [3.63, 3.8) is 0 Å². The third-order valence-electron chi connectivity index (χ3n) is 18.7. The third kappa shape index (κ3) is 16.3. The Morgan fingerprint density at radius 3 is 1.94 bits per heavy atom. The highest BCUT2D eigenvalue weighted by Gasteiger charge is 2.76. The number of benzene rings is 3. The van der Waals surface area contributed by atoms with Gasteiger partial charge in [-0.25, -0.2) is 14.2 Å². The molecule has 2 aromatic heterocycles. The van der Waals surface area contributed by atoms with E-state index in [1.807, 2.05) is 31.0 Å². The number of alkyl halides is 2. The fourth-order valence-corrected chi connectivity index (χ4v) is 15.0. The van der Waals surface area contributed by atoms with E-state index in [0.29, 0.717) is 91.1 Å². The number of nitrogens with one attached hydrogen (secondary N) is 8. The van der Waals surface area contributed by atoms with Gasteiger partial charge >= 0.3 is 19.9 Å². The number of thiocarbonyl (C=S) groups is 1. The summed E-state index contributed by atoms with van der Waals surface area (Å²) in [5, 5.41) is 30.0. The summed E-state index contributed by atoms with van der Waals surface area (Å²) < 4.78 is 29.4. The smallest absolute Gasteiger partial charge is 0.445 e. The molecular weight excluding hydrogens is 1340 g/mol. The molecule has 97 heavy (non-hydrogen) atoms. The normalized spacial score (nSPS) is 19.5. The number of phosphoric ester groups is 1. The molecule has 526 valence electrons. The first kappa shape index (κ1) is 73.3. The number of ether oxygens (including phenoxy) is 2. The molecule has 3 fully saturated rings. The minimum atomic E-state index is -4.96. The molecule has 13 N–H and O–H groups in total. The van der Waals surface area contributed by atoms with Crippen LogP contribution in [0.5, 0.6) is 11.5 Å². The number of hydrogen-bond acceptors (Lipinski definition) is 15. The Morgan fingerprint density at radius 1 is 0.763 bits per heavy atom. The average Bonchev–Trinajstić information content (AvgIpc) is 1.42. The zero-order chi connectivity index (χ0) is 70.6. The number of carbonyl (C=O) groups is 8. The van der Waals surface area contributed by atoms with Crippen LogP contribution in [0.3, 0.4) is 0 Å². The predicted octanol–water partition coefficient (Wildman–Crippen LogP) is 6.43. The Hall–Kier alpha value is -7.92. The molecule has 2 bridgehead atoms. The van der Waals surface area contributed by atoms with E-state index in [4.69, 9.17) is 55.2 Å². The molecule has 3 aromatic carbocycles. The number of carbonyl (C=O) groups excluding carboxylic acids is 8. The molecule has 9 amide bonds. The number of aromatic nitrogens is 2. The SMILES string of the molecule is CC(=O)NCCCC[C@H](NC(C)=O)C(=O)N[C@H](C(=O)N[C@@H](CCCNC(N)=O)C(=O)Nc1ccc(COC(=O)N(C)CCN(C)C(=S)Oc2cc3c(c4c(C)c[nH]c24)[C@H](CCl)CN3C(=O)C23CC(C(O)N4C[C@@H](CCl)c5c4cc(OP(=O)(O)O)c4[nH]cc(C)c54)(C2)C3)cc1)C(C)C. The van der Waals surface area contributed by atoms with E-state index in [-0.39, 0.29) is 91.8 Å². The molecule has 2 aliphatic heterocycles. The van der Waals surface area contributed by atoms with Crippen LogP contribution >= 0.6 is 43.2 Å². The first-order valence-electron chi connectivity index (χ1n) is 32.2. The van der Waals surface area contributed by atoms with Gasteiger partial charge in [-0.1, -0.05) is 26.0 Å². The highest BCUT2D eigenvalue weighted by atomic mass is 35.5. The third-order valence-corrected chi connectivity index (χ3v) is 20.3. The molecule has 0 saturated heterocycles. The first-order chi connectivity index (χ1) is 45.9. The minimum absolute atomic E-state index is 0.0501. The highest BCUT2D eigenvalue weighted by molar-refractivity contribution is 7.80. The van der Waals surface area contributed by atoms with Crippen LogP contribution in [-0.4, -0.2) is 177 Å². The molecular formula is C65H86Cl2N13O15PS. The second-order valence-corrected chi connectivity index (χ2v) is 28.5. The fraction of sp³-hybridized carbons (Fsp3) is 0.523. The number of aryl methyl sites for hydroxylation is 2. The fourth-order valence-electron chi connectivity index (χ4n) is 13.9. The number of fused-ring (bicyclic) bond motifs is 6. The van der Waals surface area contributed by atoms with Gasteiger partial charge in [-0.2, -0.15) is 0 Å². The second-order valence-electron chi connectivity index (χ2n) is 26.4. The predicted molar refractivity (Wildman–Crippen MR) is 369 cm³/mol. The number of phosphoric acid groups is 1. The number of hydrogen-bond donors (Lipinski definition) is 12. The topological polar surface area (TPSA) is 385 Å². The van der Waals surface area contributed by atoms with Gasteiger partial charge in [0.1, 0.15) is 31.0 Å². The second kappa shape index (κ2) is 30.5. The Labute approximate surface area is 576 Å². The molecule has 1 unspecified atom stereocenters. The number of rotatable bonds is 30. The van der Waals surface area contributed by atoms with Gasteiger partial charge < -0.3 is 86.3 Å². The number of aliphatic hydroxyl groups is 1. The van der Waals surface area contributed by atoms with Gasteiger partial charge in [0.25, 0.3) is 5.17 Å². The van der Waals surface area contributed by atoms with Gasteiger partial charge in [0, 0.05) is 143 Å². The number of amides is 9. The van der Waals surface area contributed by atoms with Crippen molar-refractivity contribution < 1.29 is 71.8 Å². The van der Waals surface area contributed by atoms with Crippen molar-refractivity contribution >= 4 is 135 Å². The molecule has 32 heteroatoms. The summed E-state index contributed by atoms with van der Waals surface area (Å²) in [5.41, 5.74) is 10.6. The van der Waals surface area contributed by atoms with Crippen LogP contribution in [0.1, 0.15) is 119 Å². The van der Waals surface area contributed by atoms with E-state index >= 15 is 4.79 Å². The van der Waals surface area contributed by atoms with Crippen molar-refractivity contribution in [3.05, 3.63) is 76.6 Å². The molecule has 10 rings (SSSR count). The van der Waals surface area contributed by atoms with Crippen LogP contribution in [0.15, 0.2) is 48.8 Å². The number of H-pyrrole nitrogens is 2. The van der Waals surface area contributed by atoms with Crippen LogP contribution in [0, 0.1) is 30.6 Å². The summed E-state index contributed by atoms with van der Waals surface area (Å²) >= 11 is 19.1. The van der Waals surface area contributed by atoms with Crippen LogP contribution < -0.4 is 56.7 Å². The molecule has 28 nitrogen and oxygen atoms in total. The molecule has 3 saturated carbocycles. The Bertz CT molecular complexity index is 3880. The van der Waals surface area contributed by atoms with Crippen molar-refractivity contribution in [3.8, 4) is 11.5 Å². The van der Waals surface area contributed by atoms with Crippen molar-refractivity contribution in [2.24, 2.45) is 22.5 Å². The van der Waals surface area contributed by atoms with Gasteiger partial charge in [-0.3, -0.25) is 38.6 Å². The number of aliphatic hydroxyl groups excluding tert-OH is 1. The number of likely N-dealkylation sites (N-methyl/N-ethyl adjacent to an activating group) is 2. The van der Waals surface area contributed by atoms with Gasteiger partial charge in [-0.05, 0) is 123 Å². The zero-order valence-corrected chi connectivity index (χ0v) is 58.6. The van der Waals surface area contributed by atoms with E-state index in [1.54, 1.807) is 74.3 Å². The van der Waals surface area contributed by atoms with Gasteiger partial charge in [0.05, 0.1) is 22.1 Å². The number of urea groups is 1. The molecule has 5 aromatic rings. The average molecular weight is 1420 g/mol. The Kier molecular flexibility index (Phi) is 23.0. The molecule has 0 spiro atoms. The summed E-state index contributed by atoms with van der Waals surface area (Å²) in [4.78, 5) is 137. The van der Waals surface area contributed by atoms with E-state index in [1.165, 1.54) is 18.7 Å². The van der Waals surface area contributed by atoms with Crippen LogP contribution in [0.2, 0.25) is 0 Å². The maximum Gasteiger partial charge on any atom is 0.524 e. The minimum Gasteiger partial charge on any atom is -0.445 e. The van der Waals surface area contributed by atoms with Gasteiger partial charge in [-0.15, -0.1) is 23.2 Å². The summed E-state index contributed by atoms with van der Waals surface area (Å²) in [5.74, 6) is -2.64. The maximum absolute atomic E-state index is 15.0. The number of nitrogens with two attached hydrogens (primary N) is 1. The first-order valence-corrected chi connectivity index (χ1v) is 35.2. The Morgan fingerprint density at radius 2 is 1.34 bits per heavy atom. The molecule has 0 radical (unpaired) electrons. The largest absolute Gasteiger partial charge is 0.524 e. The molecule has 4 heterocycles. The van der Waals surface area contributed by atoms with E-state index in [2.05, 4.69) is 41.9 Å². The number of halogens is 2. The summed E-state index contributed by atoms with van der Waals surface area (Å²) in [7, 11) is -1.67.